The third kappa shape index (κ3) is 1.98. The summed E-state index contributed by atoms with van der Waals surface area (Å²) < 4.78 is 0. The quantitative estimate of drug-likeness (QED) is 0.665. The molecule has 5 heteroatoms. The highest BCUT2D eigenvalue weighted by Gasteiger charge is 2.38. The number of carbonyl (C=O) groups excluding carboxylic acids is 1. The van der Waals surface area contributed by atoms with Crippen LogP contribution in [0.4, 0.5) is 0 Å². The highest BCUT2D eigenvalue weighted by Crippen LogP contribution is 2.25. The van der Waals surface area contributed by atoms with Gasteiger partial charge < -0.3 is 10.6 Å². The number of rotatable bonds is 1. The molecule has 3 heterocycles. The fraction of sp³-hybridized carbons (Fsp3) is 0.833. The van der Waals surface area contributed by atoms with E-state index < -0.39 is 0 Å². The monoisotopic (exact) mass is 236 g/mol. The van der Waals surface area contributed by atoms with Crippen LogP contribution in [0.2, 0.25) is 0 Å². The molecule has 0 spiro atoms. The second kappa shape index (κ2) is 4.38. The fourth-order valence-electron chi connectivity index (χ4n) is 3.31. The minimum absolute atomic E-state index is 0.0624. The molecule has 3 aliphatic heterocycles. The van der Waals surface area contributed by atoms with Crippen LogP contribution in [0.5, 0.6) is 0 Å². The van der Waals surface area contributed by atoms with Gasteiger partial charge in [-0.05, 0) is 12.8 Å². The first-order valence-electron chi connectivity index (χ1n) is 6.55. The molecule has 2 saturated heterocycles. The largest absolute Gasteiger partial charge is 0.337 e. The number of hydrogen-bond acceptors (Lipinski definition) is 4. The van der Waals surface area contributed by atoms with Crippen LogP contribution >= 0.6 is 0 Å². The van der Waals surface area contributed by atoms with Crippen LogP contribution in [-0.2, 0) is 4.79 Å². The molecule has 0 bridgehead atoms. The topological polar surface area (TPSA) is 61.9 Å². The summed E-state index contributed by atoms with van der Waals surface area (Å²) >= 11 is 0. The van der Waals surface area contributed by atoms with Crippen LogP contribution in [0.25, 0.3) is 0 Å². The van der Waals surface area contributed by atoms with Crippen molar-refractivity contribution in [3.05, 3.63) is 0 Å². The summed E-state index contributed by atoms with van der Waals surface area (Å²) in [5, 5.41) is 0. The number of amides is 1. The Morgan fingerprint density at radius 3 is 3.06 bits per heavy atom. The maximum absolute atomic E-state index is 11.6. The third-order valence-electron chi connectivity index (χ3n) is 4.27. The first-order chi connectivity index (χ1) is 8.25. The van der Waals surface area contributed by atoms with Crippen molar-refractivity contribution in [2.45, 2.75) is 37.4 Å². The fourth-order valence-corrected chi connectivity index (χ4v) is 3.31. The summed E-state index contributed by atoms with van der Waals surface area (Å²) in [6.07, 6.45) is 4.70. The zero-order chi connectivity index (χ0) is 11.8. The normalized spacial score (nSPS) is 38.5. The van der Waals surface area contributed by atoms with Gasteiger partial charge in [0.05, 0.1) is 6.04 Å². The molecule has 0 aromatic carbocycles. The standard InChI is InChI=1S/C12H20N4O/c13-10-7-14-4-3-11(10)15-5-6-16-9(8-15)1-2-12(16)17/h7,9-11H,1-6,8,13H2/t9-,10?,11?/m1/s1. The molecule has 2 fully saturated rings. The van der Waals surface area contributed by atoms with Crippen molar-refractivity contribution in [1.29, 1.82) is 0 Å². The molecule has 5 nitrogen and oxygen atoms in total. The van der Waals surface area contributed by atoms with Gasteiger partial charge in [0.2, 0.25) is 5.91 Å². The third-order valence-corrected chi connectivity index (χ3v) is 4.27. The molecule has 0 aromatic rings. The molecule has 0 radical (unpaired) electrons. The second-order valence-corrected chi connectivity index (χ2v) is 5.26. The Hall–Kier alpha value is -0.940. The zero-order valence-corrected chi connectivity index (χ0v) is 10.1. The molecular weight excluding hydrogens is 216 g/mol. The molecule has 3 rings (SSSR count). The lowest BCUT2D eigenvalue weighted by Crippen LogP contribution is -2.59. The summed E-state index contributed by atoms with van der Waals surface area (Å²) in [6.45, 7) is 3.73. The van der Waals surface area contributed by atoms with Gasteiger partial charge in [0, 0.05) is 50.9 Å². The molecule has 2 N–H and O–H groups in total. The lowest BCUT2D eigenvalue weighted by molar-refractivity contribution is -0.131. The zero-order valence-electron chi connectivity index (χ0n) is 10.1. The SMILES string of the molecule is NC1C=NCCC1N1CCN2C(=O)CC[C@@H]2C1. The van der Waals surface area contributed by atoms with Crippen LogP contribution < -0.4 is 5.73 Å². The van der Waals surface area contributed by atoms with E-state index in [1.807, 2.05) is 6.21 Å². The molecule has 1 amide bonds. The van der Waals surface area contributed by atoms with Gasteiger partial charge in [-0.15, -0.1) is 0 Å². The molecular formula is C12H20N4O. The maximum atomic E-state index is 11.6. The van der Waals surface area contributed by atoms with Crippen molar-refractivity contribution < 1.29 is 4.79 Å². The number of carbonyl (C=O) groups is 1. The van der Waals surface area contributed by atoms with E-state index in [-0.39, 0.29) is 6.04 Å². The predicted octanol–water partition coefficient (Wildman–Crippen LogP) is -0.537. The molecule has 3 atom stereocenters. The Morgan fingerprint density at radius 1 is 1.35 bits per heavy atom. The highest BCUT2D eigenvalue weighted by molar-refractivity contribution is 5.79. The Kier molecular flexibility index (Phi) is 2.88. The highest BCUT2D eigenvalue weighted by atomic mass is 16.2. The Morgan fingerprint density at radius 2 is 2.24 bits per heavy atom. The molecule has 94 valence electrons. The minimum Gasteiger partial charge on any atom is -0.337 e. The number of nitrogens with zero attached hydrogens (tertiary/aromatic N) is 3. The van der Waals surface area contributed by atoms with Crippen LogP contribution in [0, 0.1) is 0 Å². The van der Waals surface area contributed by atoms with E-state index in [2.05, 4.69) is 14.8 Å². The van der Waals surface area contributed by atoms with Crippen molar-refractivity contribution >= 4 is 12.1 Å². The van der Waals surface area contributed by atoms with E-state index in [1.54, 1.807) is 0 Å². The molecule has 0 aliphatic carbocycles. The van der Waals surface area contributed by atoms with E-state index in [9.17, 15) is 4.79 Å². The van der Waals surface area contributed by atoms with Crippen LogP contribution in [0.15, 0.2) is 4.99 Å². The number of fused-ring (bicyclic) bond motifs is 1. The predicted molar refractivity (Wildman–Crippen MR) is 66.0 cm³/mol. The van der Waals surface area contributed by atoms with E-state index in [1.165, 1.54) is 0 Å². The second-order valence-electron chi connectivity index (χ2n) is 5.26. The van der Waals surface area contributed by atoms with Gasteiger partial charge in [-0.25, -0.2) is 0 Å². The maximum Gasteiger partial charge on any atom is 0.222 e. The number of aliphatic imine (C=N–C) groups is 1. The Bertz CT molecular complexity index is 343. The average molecular weight is 236 g/mol. The van der Waals surface area contributed by atoms with Crippen molar-refractivity contribution in [2.75, 3.05) is 26.2 Å². The van der Waals surface area contributed by atoms with E-state index in [0.717, 1.165) is 45.4 Å². The summed E-state index contributed by atoms with van der Waals surface area (Å²) in [7, 11) is 0. The molecule has 2 unspecified atom stereocenters. The van der Waals surface area contributed by atoms with Gasteiger partial charge in [0.1, 0.15) is 0 Å². The van der Waals surface area contributed by atoms with Gasteiger partial charge in [-0.2, -0.15) is 0 Å². The van der Waals surface area contributed by atoms with Crippen LogP contribution in [0.3, 0.4) is 0 Å². The number of nitrogens with two attached hydrogens (primary N) is 1. The van der Waals surface area contributed by atoms with Crippen molar-refractivity contribution in [3.63, 3.8) is 0 Å². The number of piperazine rings is 1. The minimum atomic E-state index is 0.0624. The van der Waals surface area contributed by atoms with E-state index in [0.29, 0.717) is 18.0 Å². The summed E-state index contributed by atoms with van der Waals surface area (Å²) in [5.41, 5.74) is 6.10. The molecule has 0 saturated carbocycles. The van der Waals surface area contributed by atoms with E-state index >= 15 is 0 Å². The summed E-state index contributed by atoms with van der Waals surface area (Å²) in [6, 6.07) is 0.917. The first-order valence-corrected chi connectivity index (χ1v) is 6.55. The van der Waals surface area contributed by atoms with Crippen molar-refractivity contribution in [1.82, 2.24) is 9.80 Å². The molecule has 0 aromatic heterocycles. The molecule has 3 aliphatic rings. The van der Waals surface area contributed by atoms with Gasteiger partial charge >= 0.3 is 0 Å². The Labute approximate surface area is 102 Å². The summed E-state index contributed by atoms with van der Waals surface area (Å²) in [4.78, 5) is 20.4. The average Bonchev–Trinajstić information content (AvgIpc) is 2.71. The van der Waals surface area contributed by atoms with Gasteiger partial charge in [0.25, 0.3) is 0 Å². The van der Waals surface area contributed by atoms with Crippen LogP contribution in [-0.4, -0.2) is 66.2 Å². The van der Waals surface area contributed by atoms with E-state index in [4.69, 9.17) is 5.73 Å². The summed E-state index contributed by atoms with van der Waals surface area (Å²) in [5.74, 6) is 0.337. The van der Waals surface area contributed by atoms with Gasteiger partial charge in [-0.1, -0.05) is 0 Å². The van der Waals surface area contributed by atoms with Crippen LogP contribution in [0.1, 0.15) is 19.3 Å². The van der Waals surface area contributed by atoms with Crippen molar-refractivity contribution in [3.8, 4) is 0 Å². The lowest BCUT2D eigenvalue weighted by atomic mass is 10.00. The lowest BCUT2D eigenvalue weighted by Gasteiger charge is -2.43. The Balaban J connectivity index is 1.67. The van der Waals surface area contributed by atoms with Crippen molar-refractivity contribution in [2.24, 2.45) is 10.7 Å². The molecule has 17 heavy (non-hydrogen) atoms. The van der Waals surface area contributed by atoms with Gasteiger partial charge in [0.15, 0.2) is 0 Å². The first kappa shape index (κ1) is 11.2. The van der Waals surface area contributed by atoms with Gasteiger partial charge in [-0.3, -0.25) is 14.7 Å². The number of hydrogen-bond donors (Lipinski definition) is 1. The smallest absolute Gasteiger partial charge is 0.222 e.